The van der Waals surface area contributed by atoms with Gasteiger partial charge in [0.05, 0.1) is 17.5 Å². The van der Waals surface area contributed by atoms with Crippen LogP contribution in [0.2, 0.25) is 0 Å². The van der Waals surface area contributed by atoms with Crippen LogP contribution in [-0.2, 0) is 4.79 Å². The molecule has 1 aromatic heterocycles. The largest absolute Gasteiger partial charge is 0.486 e. The first-order valence-corrected chi connectivity index (χ1v) is 11.0. The Balaban J connectivity index is 1.03. The third kappa shape index (κ3) is 3.34. The number of nitrogens with zero attached hydrogens (tertiary/aromatic N) is 2. The number of hydrogen-bond acceptors (Lipinski definition) is 5. The molecule has 7 nitrogen and oxygen atoms in total. The number of nitrogens with one attached hydrogen (secondary N) is 1. The molecule has 2 fully saturated rings. The van der Waals surface area contributed by atoms with Crippen LogP contribution in [0.25, 0.3) is 10.9 Å². The molecule has 2 aliphatic heterocycles. The summed E-state index contributed by atoms with van der Waals surface area (Å²) in [6.07, 6.45) is 1.68. The van der Waals surface area contributed by atoms with Crippen molar-refractivity contribution in [2.24, 2.45) is 11.8 Å². The fraction of sp³-hybridized carbons (Fsp3) is 0.320. The van der Waals surface area contributed by atoms with Crippen molar-refractivity contribution < 1.29 is 19.1 Å². The molecular formula is C25H23N3O4. The number of pyridine rings is 1. The van der Waals surface area contributed by atoms with Gasteiger partial charge in [-0.25, -0.2) is 0 Å². The molecule has 32 heavy (non-hydrogen) atoms. The number of benzene rings is 2. The second kappa shape index (κ2) is 7.51. The van der Waals surface area contributed by atoms with E-state index >= 15 is 0 Å². The molecule has 3 aliphatic rings. The van der Waals surface area contributed by atoms with Crippen LogP contribution >= 0.6 is 0 Å². The topological polar surface area (TPSA) is 80.8 Å². The van der Waals surface area contributed by atoms with Gasteiger partial charge in [0.1, 0.15) is 12.7 Å². The summed E-state index contributed by atoms with van der Waals surface area (Å²) in [7, 11) is 0. The summed E-state index contributed by atoms with van der Waals surface area (Å²) in [6, 6.07) is 17.2. The molecule has 1 saturated heterocycles. The molecule has 1 unspecified atom stereocenters. The van der Waals surface area contributed by atoms with E-state index < -0.39 is 0 Å². The molecule has 7 heteroatoms. The van der Waals surface area contributed by atoms with Gasteiger partial charge < -0.3 is 19.7 Å². The van der Waals surface area contributed by atoms with E-state index in [1.54, 1.807) is 6.20 Å². The zero-order valence-corrected chi connectivity index (χ0v) is 17.4. The summed E-state index contributed by atoms with van der Waals surface area (Å²) in [5.41, 5.74) is 1.38. The van der Waals surface area contributed by atoms with Crippen LogP contribution in [0, 0.1) is 11.8 Å². The van der Waals surface area contributed by atoms with Gasteiger partial charge in [0, 0.05) is 42.6 Å². The number of likely N-dealkylation sites (tertiary alicyclic amines) is 1. The average Bonchev–Trinajstić information content (AvgIpc) is 3.25. The summed E-state index contributed by atoms with van der Waals surface area (Å²) >= 11 is 0. The van der Waals surface area contributed by atoms with Gasteiger partial charge >= 0.3 is 0 Å². The fourth-order valence-corrected chi connectivity index (χ4v) is 4.97. The van der Waals surface area contributed by atoms with Gasteiger partial charge in [-0.2, -0.15) is 0 Å². The van der Waals surface area contributed by atoms with E-state index in [2.05, 4.69) is 10.3 Å². The number of aromatic nitrogens is 1. The number of piperidine rings is 1. The van der Waals surface area contributed by atoms with Gasteiger partial charge in [-0.1, -0.05) is 30.3 Å². The Labute approximate surface area is 185 Å². The maximum absolute atomic E-state index is 13.1. The van der Waals surface area contributed by atoms with Crippen molar-refractivity contribution in [1.29, 1.82) is 0 Å². The van der Waals surface area contributed by atoms with Crippen molar-refractivity contribution in [2.75, 3.05) is 19.7 Å². The van der Waals surface area contributed by atoms with Crippen molar-refractivity contribution in [3.05, 3.63) is 66.4 Å². The van der Waals surface area contributed by atoms with Gasteiger partial charge in [-0.05, 0) is 24.3 Å². The van der Waals surface area contributed by atoms with E-state index in [1.165, 1.54) is 0 Å². The number of carbonyl (C=O) groups is 2. The normalized spacial score (nSPS) is 25.3. The second-order valence-corrected chi connectivity index (χ2v) is 8.71. The van der Waals surface area contributed by atoms with E-state index in [0.29, 0.717) is 48.6 Å². The molecule has 2 amide bonds. The average molecular weight is 429 g/mol. The number of rotatable bonds is 4. The molecule has 0 radical (unpaired) electrons. The number of ether oxygens (including phenoxy) is 2. The molecule has 6 rings (SSSR count). The standard InChI is InChI=1S/C25H23N3O4/c29-22(11-16-14-31-20-8-1-2-9-21(20)32-16)27-24-18-12-28(13-19(18)24)25(30)17-7-3-5-15-6-4-10-26-23(15)17/h1-10,16,18-19,24H,11-14H2,(H,27,29)/t16?,18-,19-/m1/s1. The third-order valence-electron chi connectivity index (χ3n) is 6.65. The predicted molar refractivity (Wildman–Crippen MR) is 118 cm³/mol. The monoisotopic (exact) mass is 429 g/mol. The number of carbonyl (C=O) groups excluding carboxylic acids is 2. The lowest BCUT2D eigenvalue weighted by Gasteiger charge is -2.26. The zero-order valence-electron chi connectivity index (χ0n) is 17.4. The molecule has 0 spiro atoms. The third-order valence-corrected chi connectivity index (χ3v) is 6.65. The number of para-hydroxylation sites is 3. The second-order valence-electron chi connectivity index (χ2n) is 8.71. The lowest BCUT2D eigenvalue weighted by atomic mass is 10.1. The number of hydrogen-bond donors (Lipinski definition) is 1. The molecule has 1 aliphatic carbocycles. The fourth-order valence-electron chi connectivity index (χ4n) is 4.97. The summed E-state index contributed by atoms with van der Waals surface area (Å²) < 4.78 is 11.6. The van der Waals surface area contributed by atoms with Crippen molar-refractivity contribution in [3.63, 3.8) is 0 Å². The van der Waals surface area contributed by atoms with Gasteiger partial charge in [0.25, 0.3) is 5.91 Å². The van der Waals surface area contributed by atoms with Crippen LogP contribution < -0.4 is 14.8 Å². The molecule has 3 aromatic rings. The van der Waals surface area contributed by atoms with E-state index in [-0.39, 0.29) is 30.4 Å². The molecule has 3 heterocycles. The molecule has 162 valence electrons. The lowest BCUT2D eigenvalue weighted by molar-refractivity contribution is -0.123. The van der Waals surface area contributed by atoms with Crippen LogP contribution in [0.3, 0.4) is 0 Å². The Morgan fingerprint density at radius 3 is 2.62 bits per heavy atom. The molecule has 2 aromatic carbocycles. The minimum Gasteiger partial charge on any atom is -0.486 e. The molecule has 0 bridgehead atoms. The van der Waals surface area contributed by atoms with Gasteiger partial charge in [-0.3, -0.25) is 14.6 Å². The maximum Gasteiger partial charge on any atom is 0.256 e. The Morgan fingerprint density at radius 2 is 1.78 bits per heavy atom. The lowest BCUT2D eigenvalue weighted by Crippen LogP contribution is -2.40. The van der Waals surface area contributed by atoms with E-state index in [0.717, 1.165) is 10.9 Å². The minimum atomic E-state index is -0.291. The summed E-state index contributed by atoms with van der Waals surface area (Å²) in [5.74, 6) is 2.00. The molecule has 1 saturated carbocycles. The first kappa shape index (κ1) is 19.1. The van der Waals surface area contributed by atoms with Crippen LogP contribution in [-0.4, -0.2) is 53.5 Å². The van der Waals surface area contributed by atoms with Crippen molar-refractivity contribution in [1.82, 2.24) is 15.2 Å². The molecule has 3 atom stereocenters. The van der Waals surface area contributed by atoms with Crippen LogP contribution in [0.4, 0.5) is 0 Å². The zero-order chi connectivity index (χ0) is 21.7. The van der Waals surface area contributed by atoms with Crippen molar-refractivity contribution in [3.8, 4) is 11.5 Å². The highest BCUT2D eigenvalue weighted by Crippen LogP contribution is 2.46. The number of fused-ring (bicyclic) bond motifs is 3. The van der Waals surface area contributed by atoms with Crippen LogP contribution in [0.15, 0.2) is 60.8 Å². The molecular weight excluding hydrogens is 406 g/mol. The predicted octanol–water partition coefficient (Wildman–Crippen LogP) is 2.65. The van der Waals surface area contributed by atoms with Crippen LogP contribution in [0.1, 0.15) is 16.8 Å². The summed E-state index contributed by atoms with van der Waals surface area (Å²) in [5, 5.41) is 4.09. The maximum atomic E-state index is 13.1. The smallest absolute Gasteiger partial charge is 0.256 e. The Morgan fingerprint density at radius 1 is 1.00 bits per heavy atom. The highest BCUT2D eigenvalue weighted by molar-refractivity contribution is 6.05. The Bertz CT molecular complexity index is 1200. The highest BCUT2D eigenvalue weighted by Gasteiger charge is 2.57. The van der Waals surface area contributed by atoms with E-state index in [1.807, 2.05) is 59.5 Å². The summed E-state index contributed by atoms with van der Waals surface area (Å²) in [6.45, 7) is 1.69. The quantitative estimate of drug-likeness (QED) is 0.690. The van der Waals surface area contributed by atoms with Crippen LogP contribution in [0.5, 0.6) is 11.5 Å². The minimum absolute atomic E-state index is 0.0120. The first-order valence-electron chi connectivity index (χ1n) is 11.0. The van der Waals surface area contributed by atoms with Gasteiger partial charge in [0.15, 0.2) is 11.5 Å². The van der Waals surface area contributed by atoms with Gasteiger partial charge in [0.2, 0.25) is 5.91 Å². The van der Waals surface area contributed by atoms with Gasteiger partial charge in [-0.15, -0.1) is 0 Å². The highest BCUT2D eigenvalue weighted by atomic mass is 16.6. The summed E-state index contributed by atoms with van der Waals surface area (Å²) in [4.78, 5) is 31.9. The van der Waals surface area contributed by atoms with Crippen molar-refractivity contribution in [2.45, 2.75) is 18.6 Å². The van der Waals surface area contributed by atoms with E-state index in [4.69, 9.17) is 9.47 Å². The SMILES string of the molecule is O=C(CC1COc2ccccc2O1)NC1[C@@H]2CN(C(=O)c3cccc4cccnc34)C[C@@H]12. The van der Waals surface area contributed by atoms with Crippen molar-refractivity contribution >= 4 is 22.7 Å². The first-order chi connectivity index (χ1) is 15.7. The Kier molecular flexibility index (Phi) is 4.48. The molecule has 1 N–H and O–H groups in total. The number of amides is 2. The van der Waals surface area contributed by atoms with E-state index in [9.17, 15) is 9.59 Å². The Hall–Kier alpha value is -3.61.